The van der Waals surface area contributed by atoms with Gasteiger partial charge in [0.1, 0.15) is 27.2 Å². The first-order valence-electron chi connectivity index (χ1n) is 12.7. The van der Waals surface area contributed by atoms with E-state index in [9.17, 15) is 31.2 Å². The Labute approximate surface area is 250 Å². The summed E-state index contributed by atoms with van der Waals surface area (Å²) >= 11 is 6.21. The number of unbranched alkanes of at least 4 members (excludes halogenated alkanes) is 3. The molecule has 0 heterocycles. The molecular weight excluding hydrogens is 683 g/mol. The number of carbonyl (C=O) groups is 2. The Morgan fingerprint density at radius 2 is 1.50 bits per heavy atom. The fourth-order valence-corrected chi connectivity index (χ4v) is 5.68. The van der Waals surface area contributed by atoms with Crippen molar-refractivity contribution < 1.29 is 45.2 Å². The molecule has 0 saturated heterocycles. The van der Waals surface area contributed by atoms with Crippen LogP contribution in [0.2, 0.25) is 0 Å². The van der Waals surface area contributed by atoms with Crippen LogP contribution in [-0.2, 0) is 33.9 Å². The van der Waals surface area contributed by atoms with Crippen LogP contribution in [0.15, 0.2) is 33.2 Å². The summed E-state index contributed by atoms with van der Waals surface area (Å²) in [5.74, 6) is -4.27. The summed E-state index contributed by atoms with van der Waals surface area (Å²) in [5.41, 5.74) is 1.61. The van der Waals surface area contributed by atoms with E-state index in [1.165, 1.54) is 12.1 Å². The summed E-state index contributed by atoms with van der Waals surface area (Å²) in [6, 6.07) is 6.60. The zero-order valence-electron chi connectivity index (χ0n) is 22.2. The van der Waals surface area contributed by atoms with Gasteiger partial charge in [-0.05, 0) is 73.5 Å². The van der Waals surface area contributed by atoms with Gasteiger partial charge in [-0.3, -0.25) is 4.55 Å². The third-order valence-electron chi connectivity index (χ3n) is 6.07. The van der Waals surface area contributed by atoms with E-state index in [2.05, 4.69) is 43.5 Å². The SMILES string of the molecule is BCc1cc(CCCCCC)cc(CB)c1OC(=O)c1c(Br)ccc(Br)c1C(=O)OC(CS(=O)(=O)O)C(F)(F)F. The van der Waals surface area contributed by atoms with Crippen molar-refractivity contribution in [3.8, 4) is 5.75 Å². The molecule has 0 bridgehead atoms. The highest BCUT2D eigenvalue weighted by atomic mass is 79.9. The molecule has 0 fully saturated rings. The van der Waals surface area contributed by atoms with E-state index in [-0.39, 0.29) is 8.95 Å². The second kappa shape index (κ2) is 14.9. The number of benzene rings is 2. The van der Waals surface area contributed by atoms with Crippen molar-refractivity contribution in [3.63, 3.8) is 0 Å². The number of alkyl halides is 3. The average molecular weight is 712 g/mol. The number of rotatable bonds is 13. The van der Waals surface area contributed by atoms with Crippen molar-refractivity contribution in [2.45, 2.75) is 63.9 Å². The average Bonchev–Trinajstić information content (AvgIpc) is 2.86. The van der Waals surface area contributed by atoms with E-state index in [1.54, 1.807) is 0 Å². The molecule has 1 atom stereocenters. The predicted molar refractivity (Wildman–Crippen MR) is 157 cm³/mol. The largest absolute Gasteiger partial charge is 0.448 e. The molecule has 0 aliphatic carbocycles. The second-order valence-electron chi connectivity index (χ2n) is 9.11. The maximum absolute atomic E-state index is 13.5. The van der Waals surface area contributed by atoms with Crippen LogP contribution in [0, 0.1) is 0 Å². The predicted octanol–water partition coefficient (Wildman–Crippen LogP) is 4.80. The summed E-state index contributed by atoms with van der Waals surface area (Å²) in [7, 11) is -1.36. The monoisotopic (exact) mass is 710 g/mol. The highest BCUT2D eigenvalue weighted by molar-refractivity contribution is 9.11. The van der Waals surface area contributed by atoms with Crippen LogP contribution < -0.4 is 4.74 Å². The van der Waals surface area contributed by atoms with Crippen molar-refractivity contribution in [1.29, 1.82) is 0 Å². The molecule has 1 N–H and O–H groups in total. The van der Waals surface area contributed by atoms with Crippen molar-refractivity contribution in [1.82, 2.24) is 0 Å². The molecule has 0 aromatic heterocycles. The van der Waals surface area contributed by atoms with Crippen molar-refractivity contribution in [3.05, 3.63) is 61.0 Å². The van der Waals surface area contributed by atoms with Crippen LogP contribution in [0.3, 0.4) is 0 Å². The Morgan fingerprint density at radius 3 is 1.95 bits per heavy atom. The summed E-state index contributed by atoms with van der Waals surface area (Å²) < 4.78 is 81.5. The lowest BCUT2D eigenvalue weighted by Crippen LogP contribution is -2.39. The van der Waals surface area contributed by atoms with E-state index in [4.69, 9.17) is 9.29 Å². The fraction of sp³-hybridized carbons (Fsp3) is 0.440. The molecule has 0 aliphatic rings. The number of hydrogen-bond donors (Lipinski definition) is 1. The van der Waals surface area contributed by atoms with Gasteiger partial charge in [0.25, 0.3) is 10.1 Å². The van der Waals surface area contributed by atoms with Crippen LogP contribution in [0.25, 0.3) is 0 Å². The molecule has 15 heteroatoms. The van der Waals surface area contributed by atoms with Gasteiger partial charge < -0.3 is 9.47 Å². The number of ether oxygens (including phenoxy) is 2. The van der Waals surface area contributed by atoms with E-state index in [1.807, 2.05) is 27.8 Å². The Kier molecular flexibility index (Phi) is 12.8. The van der Waals surface area contributed by atoms with Crippen molar-refractivity contribution in [2.24, 2.45) is 0 Å². The minimum absolute atomic E-state index is 0.0367. The van der Waals surface area contributed by atoms with Gasteiger partial charge in [0, 0.05) is 8.95 Å². The lowest BCUT2D eigenvalue weighted by molar-refractivity contribution is -0.197. The maximum Gasteiger partial charge on any atom is 0.426 e. The molecule has 0 amide bonds. The van der Waals surface area contributed by atoms with Crippen molar-refractivity contribution >= 4 is 69.6 Å². The molecule has 0 aliphatic heterocycles. The van der Waals surface area contributed by atoms with Gasteiger partial charge >= 0.3 is 18.1 Å². The van der Waals surface area contributed by atoms with Crippen LogP contribution in [0.5, 0.6) is 5.75 Å². The second-order valence-corrected chi connectivity index (χ2v) is 12.3. The van der Waals surface area contributed by atoms with Gasteiger partial charge in [0.15, 0.2) is 0 Å². The van der Waals surface area contributed by atoms with Crippen molar-refractivity contribution in [2.75, 3.05) is 5.75 Å². The molecule has 0 spiro atoms. The first-order chi connectivity index (χ1) is 18.6. The smallest absolute Gasteiger partial charge is 0.426 e. The fourth-order valence-electron chi connectivity index (χ4n) is 4.05. The molecule has 2 aromatic rings. The molecule has 1 unspecified atom stereocenters. The van der Waals surface area contributed by atoms with Gasteiger partial charge in [-0.1, -0.05) is 51.0 Å². The molecule has 218 valence electrons. The third-order valence-corrected chi connectivity index (χ3v) is 8.11. The maximum atomic E-state index is 13.5. The van der Waals surface area contributed by atoms with E-state index in [0.29, 0.717) is 18.4 Å². The van der Waals surface area contributed by atoms with Crippen LogP contribution in [0.4, 0.5) is 13.2 Å². The molecule has 2 rings (SSSR count). The van der Waals surface area contributed by atoms with Crippen LogP contribution in [0.1, 0.15) is 70.0 Å². The molecule has 0 radical (unpaired) electrons. The topological polar surface area (TPSA) is 107 Å². The minimum atomic E-state index is -5.31. The third kappa shape index (κ3) is 9.63. The zero-order chi connectivity index (χ0) is 30.3. The van der Waals surface area contributed by atoms with E-state index in [0.717, 1.165) is 48.8 Å². The highest BCUT2D eigenvalue weighted by Gasteiger charge is 2.46. The molecular formula is C25H29B2Br2F3O7S. The number of hydrogen-bond acceptors (Lipinski definition) is 6. The standard InChI is InChI=1S/C25H29B2Br2F3O7S/c1-2-3-4-5-6-14-9-15(11-26)22(16(10-14)12-27)39-24(34)21-18(29)8-7-17(28)20(21)23(33)38-19(25(30,31)32)13-40(35,36)37/h7-10,19H,2-6,11-13,26-27H2,1H3,(H,35,36,37). The molecule has 40 heavy (non-hydrogen) atoms. The Morgan fingerprint density at radius 1 is 0.975 bits per heavy atom. The van der Waals surface area contributed by atoms with Gasteiger partial charge in [0.05, 0.1) is 11.1 Å². The molecule has 7 nitrogen and oxygen atoms in total. The van der Waals surface area contributed by atoms with Gasteiger partial charge in [-0.25, -0.2) is 9.59 Å². The summed E-state index contributed by atoms with van der Waals surface area (Å²) in [6.45, 7) is 2.14. The highest BCUT2D eigenvalue weighted by Crippen LogP contribution is 2.34. The summed E-state index contributed by atoms with van der Waals surface area (Å²) in [5, 5.41) is 0. The Balaban J connectivity index is 2.48. The lowest BCUT2D eigenvalue weighted by Gasteiger charge is -2.21. The van der Waals surface area contributed by atoms with Crippen LogP contribution >= 0.6 is 31.9 Å². The molecule has 2 aromatic carbocycles. The number of esters is 2. The summed E-state index contributed by atoms with van der Waals surface area (Å²) in [6.07, 6.45) is -2.16. The van der Waals surface area contributed by atoms with Gasteiger partial charge in [0.2, 0.25) is 6.10 Å². The first-order valence-corrected chi connectivity index (χ1v) is 15.9. The normalized spacial score (nSPS) is 12.7. The Hall–Kier alpha value is -1.83. The Bertz CT molecular complexity index is 1310. The lowest BCUT2D eigenvalue weighted by atomic mass is 9.87. The quantitative estimate of drug-likeness (QED) is 0.105. The van der Waals surface area contributed by atoms with Gasteiger partial charge in [-0.15, -0.1) is 0 Å². The first kappa shape index (κ1) is 34.4. The van der Waals surface area contributed by atoms with Crippen LogP contribution in [-0.4, -0.2) is 58.6 Å². The minimum Gasteiger partial charge on any atom is -0.448 e. The van der Waals surface area contributed by atoms with E-state index >= 15 is 0 Å². The van der Waals surface area contributed by atoms with Gasteiger partial charge in [-0.2, -0.15) is 21.6 Å². The number of aryl methyl sites for hydroxylation is 1. The number of halogens is 5. The zero-order valence-corrected chi connectivity index (χ0v) is 26.2. The number of carbonyl (C=O) groups excluding carboxylic acids is 2. The summed E-state index contributed by atoms with van der Waals surface area (Å²) in [4.78, 5) is 26.4. The van der Waals surface area contributed by atoms with E-state index < -0.39 is 51.2 Å². The molecule has 0 saturated carbocycles.